The third-order valence-corrected chi connectivity index (χ3v) is 10.0. The van der Waals surface area contributed by atoms with E-state index in [0.29, 0.717) is 54.6 Å². The molecule has 4 aliphatic heterocycles. The number of phenols is 1. The molecule has 0 radical (unpaired) electrons. The molecule has 3 aromatic rings. The van der Waals surface area contributed by atoms with Gasteiger partial charge in [0, 0.05) is 24.5 Å². The summed E-state index contributed by atoms with van der Waals surface area (Å²) < 4.78 is 43.0. The van der Waals surface area contributed by atoms with E-state index in [-0.39, 0.29) is 30.7 Å². The van der Waals surface area contributed by atoms with E-state index >= 15 is 0 Å². The van der Waals surface area contributed by atoms with Crippen LogP contribution < -0.4 is 16.2 Å². The Kier molecular flexibility index (Phi) is 9.31. The minimum atomic E-state index is -4.49. The summed E-state index contributed by atoms with van der Waals surface area (Å²) in [6.07, 6.45) is 3.05. The van der Waals surface area contributed by atoms with Crippen molar-refractivity contribution in [2.45, 2.75) is 61.5 Å². The fourth-order valence-corrected chi connectivity index (χ4v) is 7.58. The molecule has 5 atom stereocenters. The first kappa shape index (κ1) is 31.5. The van der Waals surface area contributed by atoms with Gasteiger partial charge in [0.05, 0.1) is 5.25 Å². The van der Waals surface area contributed by atoms with Crippen molar-refractivity contribution in [1.29, 1.82) is 0 Å². The highest BCUT2D eigenvalue weighted by atomic mass is 32.2. The molecule has 4 bridgehead atoms. The highest BCUT2D eigenvalue weighted by Gasteiger charge is 2.40. The molecule has 3 aromatic carbocycles. The van der Waals surface area contributed by atoms with E-state index < -0.39 is 33.1 Å². The number of nitrogens with zero attached hydrogens (tertiary/aromatic N) is 1. The lowest BCUT2D eigenvalue weighted by Gasteiger charge is -2.36. The predicted molar refractivity (Wildman–Crippen MR) is 168 cm³/mol. The molecule has 5 unspecified atom stereocenters. The molecule has 0 spiro atoms. The Morgan fingerprint density at radius 3 is 2.27 bits per heavy atom. The van der Waals surface area contributed by atoms with Gasteiger partial charge in [-0.1, -0.05) is 54.6 Å². The summed E-state index contributed by atoms with van der Waals surface area (Å²) in [7, 11) is -4.49. The van der Waals surface area contributed by atoms with Gasteiger partial charge in [0.2, 0.25) is 5.72 Å². The molecule has 0 aromatic heterocycles. The van der Waals surface area contributed by atoms with Crippen molar-refractivity contribution in [2.24, 2.45) is 22.4 Å². The molecule has 4 heterocycles. The zero-order valence-electron chi connectivity index (χ0n) is 24.3. The lowest BCUT2D eigenvalue weighted by atomic mass is 9.72. The van der Waals surface area contributed by atoms with Crippen LogP contribution in [0.2, 0.25) is 0 Å². The molecular weight excluding hydrogens is 582 g/mol. The number of ether oxygens (including phenoxy) is 1. The van der Waals surface area contributed by atoms with Crippen LogP contribution in [0.25, 0.3) is 0 Å². The van der Waals surface area contributed by atoms with Crippen LogP contribution >= 0.6 is 0 Å². The zero-order valence-corrected chi connectivity index (χ0v) is 25.1. The fourth-order valence-electron chi connectivity index (χ4n) is 6.50. The van der Waals surface area contributed by atoms with Gasteiger partial charge in [-0.25, -0.2) is 4.99 Å². The van der Waals surface area contributed by atoms with Gasteiger partial charge in [0.1, 0.15) is 17.6 Å². The second kappa shape index (κ2) is 13.0. The minimum Gasteiger partial charge on any atom is -0.508 e. The SMILES string of the molecule is NC(N)=NC1(CCCO)Oc2ccc(cc2)CCC(S(=O)(=O)O)C2C=C(C(O)c3ccc(O)cc3)CCC2c2ccc1cc2. The molecule has 0 fully saturated rings. The number of aliphatic imine (C=N–C) groups is 1. The third kappa shape index (κ3) is 6.91. The number of guanidine groups is 1. The van der Waals surface area contributed by atoms with Crippen LogP contribution in [0.5, 0.6) is 11.5 Å². The number of aliphatic hydroxyl groups excluding tert-OH is 2. The standard InChI is InChI=1S/C33H39N3O7S/c34-32(35)36-33(18-1-19-37)25-10-5-22(6-11-25)28-16-9-24(31(39)23-7-12-26(38)13-8-23)20-29(28)30(44(40,41)42)17-4-21-2-14-27(43-33)15-3-21/h2-3,5-8,10-15,20,28-31,37-39H,1,4,9,16-19H2,(H4,34,35,36)(H,40,41,42). The number of aromatic hydroxyl groups is 1. The molecule has 11 heteroatoms. The van der Waals surface area contributed by atoms with Crippen molar-refractivity contribution >= 4 is 16.1 Å². The van der Waals surface area contributed by atoms with E-state index in [4.69, 9.17) is 16.2 Å². The van der Waals surface area contributed by atoms with Crippen LogP contribution in [-0.2, 0) is 22.3 Å². The summed E-state index contributed by atoms with van der Waals surface area (Å²) >= 11 is 0. The van der Waals surface area contributed by atoms with Crippen molar-refractivity contribution in [2.75, 3.05) is 6.61 Å². The topological polar surface area (TPSA) is 189 Å². The smallest absolute Gasteiger partial charge is 0.268 e. The monoisotopic (exact) mass is 621 g/mol. The van der Waals surface area contributed by atoms with Gasteiger partial charge in [-0.05, 0) is 84.6 Å². The van der Waals surface area contributed by atoms with Crippen LogP contribution in [0.15, 0.2) is 89.4 Å². The van der Waals surface area contributed by atoms with E-state index in [1.807, 2.05) is 42.5 Å². The van der Waals surface area contributed by atoms with Gasteiger partial charge in [-0.15, -0.1) is 0 Å². The average Bonchev–Trinajstić information content (AvgIpc) is 3.00. The quantitative estimate of drug-likeness (QED) is 0.0979. The highest BCUT2D eigenvalue weighted by Crippen LogP contribution is 2.45. The Morgan fingerprint density at radius 1 is 0.977 bits per heavy atom. The molecular formula is C33H39N3O7S. The van der Waals surface area contributed by atoms with Crippen LogP contribution in [0.1, 0.15) is 66.4 Å². The molecule has 8 N–H and O–H groups in total. The minimum absolute atomic E-state index is 0.0778. The molecule has 234 valence electrons. The Labute approximate surface area is 257 Å². The number of hydrogen-bond acceptors (Lipinski definition) is 7. The molecule has 44 heavy (non-hydrogen) atoms. The second-order valence-corrected chi connectivity index (χ2v) is 13.2. The van der Waals surface area contributed by atoms with E-state index in [0.717, 1.165) is 11.1 Å². The molecule has 0 saturated carbocycles. The summed E-state index contributed by atoms with van der Waals surface area (Å²) in [5, 5.41) is 29.5. The van der Waals surface area contributed by atoms with Gasteiger partial charge in [-0.2, -0.15) is 8.42 Å². The van der Waals surface area contributed by atoms with Gasteiger partial charge >= 0.3 is 0 Å². The fraction of sp³-hybridized carbons (Fsp3) is 0.364. The Morgan fingerprint density at radius 2 is 1.66 bits per heavy atom. The van der Waals surface area contributed by atoms with Crippen LogP contribution in [0, 0.1) is 5.92 Å². The molecule has 5 aliphatic rings. The van der Waals surface area contributed by atoms with E-state index in [1.54, 1.807) is 24.3 Å². The number of allylic oxidation sites excluding steroid dienone is 1. The van der Waals surface area contributed by atoms with Gasteiger partial charge < -0.3 is 31.5 Å². The molecule has 10 nitrogen and oxygen atoms in total. The predicted octanol–water partition coefficient (Wildman–Crippen LogP) is 4.03. The maximum atomic E-state index is 13.0. The Bertz CT molecular complexity index is 1600. The molecule has 0 amide bonds. The highest BCUT2D eigenvalue weighted by molar-refractivity contribution is 7.86. The Balaban J connectivity index is 1.64. The van der Waals surface area contributed by atoms with Gasteiger partial charge in [0.15, 0.2) is 5.96 Å². The summed E-state index contributed by atoms with van der Waals surface area (Å²) in [5.74, 6) is -0.520. The lowest BCUT2D eigenvalue weighted by molar-refractivity contribution is 0.0576. The van der Waals surface area contributed by atoms with E-state index in [1.165, 1.54) is 12.1 Å². The van der Waals surface area contributed by atoms with Gasteiger partial charge in [-0.3, -0.25) is 4.55 Å². The van der Waals surface area contributed by atoms with Crippen molar-refractivity contribution in [1.82, 2.24) is 0 Å². The number of nitrogens with two attached hydrogens (primary N) is 2. The van der Waals surface area contributed by atoms with Crippen molar-refractivity contribution in [3.63, 3.8) is 0 Å². The molecule has 8 rings (SSSR count). The Hall–Kier alpha value is -3.90. The van der Waals surface area contributed by atoms with Crippen molar-refractivity contribution in [3.05, 3.63) is 107 Å². The maximum absolute atomic E-state index is 13.0. The van der Waals surface area contributed by atoms with E-state index in [2.05, 4.69) is 4.99 Å². The second-order valence-electron chi connectivity index (χ2n) is 11.6. The van der Waals surface area contributed by atoms with Crippen LogP contribution in [0.3, 0.4) is 0 Å². The van der Waals surface area contributed by atoms with E-state index in [9.17, 15) is 28.3 Å². The number of aryl methyl sites for hydroxylation is 1. The van der Waals surface area contributed by atoms with Gasteiger partial charge in [0.25, 0.3) is 10.1 Å². The summed E-state index contributed by atoms with van der Waals surface area (Å²) in [4.78, 5) is 4.51. The number of benzene rings is 3. The van der Waals surface area contributed by atoms with Crippen molar-refractivity contribution < 1.29 is 33.0 Å². The molecule has 1 aliphatic carbocycles. The lowest BCUT2D eigenvalue weighted by Crippen LogP contribution is -2.37. The maximum Gasteiger partial charge on any atom is 0.268 e. The number of rotatable bonds is 7. The first-order valence-electron chi connectivity index (χ1n) is 14.7. The normalized spacial score (nSPS) is 24.2. The van der Waals surface area contributed by atoms with Crippen molar-refractivity contribution in [3.8, 4) is 11.5 Å². The third-order valence-electron chi connectivity index (χ3n) is 8.69. The van der Waals surface area contributed by atoms with Crippen LogP contribution in [0.4, 0.5) is 0 Å². The average molecular weight is 622 g/mol. The summed E-state index contributed by atoms with van der Waals surface area (Å²) in [5.41, 5.74) is 14.0. The number of phenolic OH excluding ortho intramolecular Hbond substituents is 1. The first-order chi connectivity index (χ1) is 21.0. The largest absolute Gasteiger partial charge is 0.508 e. The summed E-state index contributed by atoms with van der Waals surface area (Å²) in [6.45, 7) is -0.0897. The molecule has 0 saturated heterocycles. The van der Waals surface area contributed by atoms with Crippen LogP contribution in [-0.4, -0.2) is 46.1 Å². The first-order valence-corrected chi connectivity index (χ1v) is 16.2. The number of aliphatic hydroxyl groups is 2. The summed E-state index contributed by atoms with van der Waals surface area (Å²) in [6, 6.07) is 20.9. The zero-order chi connectivity index (χ0) is 31.5. The number of hydrogen-bond donors (Lipinski definition) is 6.